The lowest BCUT2D eigenvalue weighted by molar-refractivity contribution is -0.131. The maximum Gasteiger partial charge on any atom is 0.242 e. The number of amides is 2. The molecular formula is C12H25N3O2. The van der Waals surface area contributed by atoms with Crippen molar-refractivity contribution in [1.82, 2.24) is 10.6 Å². The SMILES string of the molecule is CCNC(=O)[C@@H](NC(=O)[C@@H](N)C(C)C)C(C)C. The molecule has 2 atom stereocenters. The number of hydrogen-bond donors (Lipinski definition) is 3. The van der Waals surface area contributed by atoms with E-state index in [1.165, 1.54) is 0 Å². The number of rotatable bonds is 6. The fraction of sp³-hybridized carbons (Fsp3) is 0.833. The molecule has 2 amide bonds. The molecule has 0 spiro atoms. The Balaban J connectivity index is 4.55. The van der Waals surface area contributed by atoms with Crippen LogP contribution in [0.5, 0.6) is 0 Å². The van der Waals surface area contributed by atoms with Crippen molar-refractivity contribution in [3.8, 4) is 0 Å². The molecule has 0 unspecified atom stereocenters. The third kappa shape index (κ3) is 5.17. The first kappa shape index (κ1) is 15.9. The quantitative estimate of drug-likeness (QED) is 0.625. The smallest absolute Gasteiger partial charge is 0.242 e. The minimum Gasteiger partial charge on any atom is -0.355 e. The highest BCUT2D eigenvalue weighted by atomic mass is 16.2. The van der Waals surface area contributed by atoms with Crippen molar-refractivity contribution in [1.29, 1.82) is 0 Å². The number of nitrogens with one attached hydrogen (secondary N) is 2. The molecule has 0 radical (unpaired) electrons. The largest absolute Gasteiger partial charge is 0.355 e. The van der Waals surface area contributed by atoms with Crippen LogP contribution in [-0.4, -0.2) is 30.4 Å². The molecule has 0 bridgehead atoms. The first-order valence-electron chi connectivity index (χ1n) is 6.14. The van der Waals surface area contributed by atoms with E-state index in [0.29, 0.717) is 6.54 Å². The van der Waals surface area contributed by atoms with Crippen molar-refractivity contribution in [3.05, 3.63) is 0 Å². The molecule has 0 aliphatic carbocycles. The van der Waals surface area contributed by atoms with E-state index in [-0.39, 0.29) is 23.7 Å². The van der Waals surface area contributed by atoms with Crippen molar-refractivity contribution in [2.75, 3.05) is 6.54 Å². The zero-order valence-electron chi connectivity index (χ0n) is 11.4. The Labute approximate surface area is 104 Å². The highest BCUT2D eigenvalue weighted by Crippen LogP contribution is 2.04. The lowest BCUT2D eigenvalue weighted by Crippen LogP contribution is -2.54. The molecule has 5 nitrogen and oxygen atoms in total. The Bertz CT molecular complexity index is 264. The van der Waals surface area contributed by atoms with Gasteiger partial charge >= 0.3 is 0 Å². The van der Waals surface area contributed by atoms with Crippen LogP contribution in [0.1, 0.15) is 34.6 Å². The van der Waals surface area contributed by atoms with Crippen LogP contribution in [-0.2, 0) is 9.59 Å². The van der Waals surface area contributed by atoms with Gasteiger partial charge in [-0.3, -0.25) is 9.59 Å². The summed E-state index contributed by atoms with van der Waals surface area (Å²) >= 11 is 0. The van der Waals surface area contributed by atoms with Gasteiger partial charge in [0.1, 0.15) is 6.04 Å². The van der Waals surface area contributed by atoms with Gasteiger partial charge in [0, 0.05) is 6.54 Å². The molecule has 0 aromatic heterocycles. The van der Waals surface area contributed by atoms with Crippen LogP contribution in [0, 0.1) is 11.8 Å². The van der Waals surface area contributed by atoms with Gasteiger partial charge in [-0.25, -0.2) is 0 Å². The van der Waals surface area contributed by atoms with E-state index in [2.05, 4.69) is 10.6 Å². The van der Waals surface area contributed by atoms with E-state index in [0.717, 1.165) is 0 Å². The predicted octanol–water partition coefficient (Wildman–Crippen LogP) is 0.247. The van der Waals surface area contributed by atoms with E-state index >= 15 is 0 Å². The molecule has 0 aliphatic heterocycles. The van der Waals surface area contributed by atoms with Crippen molar-refractivity contribution in [2.45, 2.75) is 46.7 Å². The maximum absolute atomic E-state index is 11.8. The molecule has 0 fully saturated rings. The Hall–Kier alpha value is -1.10. The fourth-order valence-corrected chi connectivity index (χ4v) is 1.37. The summed E-state index contributed by atoms with van der Waals surface area (Å²) in [6.45, 7) is 9.93. The normalized spacial score (nSPS) is 14.6. The molecule has 0 aliphatic rings. The second-order valence-corrected chi connectivity index (χ2v) is 4.89. The first-order valence-corrected chi connectivity index (χ1v) is 6.14. The van der Waals surface area contributed by atoms with E-state index in [4.69, 9.17) is 5.73 Å². The molecule has 17 heavy (non-hydrogen) atoms. The summed E-state index contributed by atoms with van der Waals surface area (Å²) in [5.41, 5.74) is 5.74. The third-order valence-corrected chi connectivity index (χ3v) is 2.62. The molecule has 4 N–H and O–H groups in total. The summed E-state index contributed by atoms with van der Waals surface area (Å²) in [6.07, 6.45) is 0. The van der Waals surface area contributed by atoms with Crippen LogP contribution in [0.3, 0.4) is 0 Å². The van der Waals surface area contributed by atoms with Crippen LogP contribution in [0.4, 0.5) is 0 Å². The topological polar surface area (TPSA) is 84.2 Å². The number of carbonyl (C=O) groups excluding carboxylic acids is 2. The molecule has 0 heterocycles. The van der Waals surface area contributed by atoms with Gasteiger partial charge in [-0.1, -0.05) is 27.7 Å². The Morgan fingerprint density at radius 3 is 1.94 bits per heavy atom. The Morgan fingerprint density at radius 2 is 1.59 bits per heavy atom. The van der Waals surface area contributed by atoms with Gasteiger partial charge in [0.15, 0.2) is 0 Å². The van der Waals surface area contributed by atoms with Gasteiger partial charge in [-0.2, -0.15) is 0 Å². The summed E-state index contributed by atoms with van der Waals surface area (Å²) in [5.74, 6) is -0.348. The van der Waals surface area contributed by atoms with E-state index < -0.39 is 12.1 Å². The molecule has 5 heteroatoms. The number of nitrogens with two attached hydrogens (primary N) is 1. The second kappa shape index (κ2) is 7.27. The maximum atomic E-state index is 11.8. The average molecular weight is 243 g/mol. The minimum absolute atomic E-state index is 0.0323. The van der Waals surface area contributed by atoms with Gasteiger partial charge in [0.2, 0.25) is 11.8 Å². The Kier molecular flexibility index (Phi) is 6.80. The number of likely N-dealkylation sites (N-methyl/N-ethyl adjacent to an activating group) is 1. The molecular weight excluding hydrogens is 218 g/mol. The fourth-order valence-electron chi connectivity index (χ4n) is 1.37. The molecule has 0 saturated heterocycles. The van der Waals surface area contributed by atoms with Gasteiger partial charge < -0.3 is 16.4 Å². The summed E-state index contributed by atoms with van der Waals surface area (Å²) in [7, 11) is 0. The Morgan fingerprint density at radius 1 is 1.06 bits per heavy atom. The summed E-state index contributed by atoms with van der Waals surface area (Å²) in [4.78, 5) is 23.5. The summed E-state index contributed by atoms with van der Waals surface area (Å²) in [5, 5.41) is 5.41. The van der Waals surface area contributed by atoms with Crippen molar-refractivity contribution in [2.24, 2.45) is 17.6 Å². The molecule has 0 aromatic rings. The predicted molar refractivity (Wildman–Crippen MR) is 68.3 cm³/mol. The zero-order chi connectivity index (χ0) is 13.6. The lowest BCUT2D eigenvalue weighted by atomic mass is 10.0. The third-order valence-electron chi connectivity index (χ3n) is 2.62. The zero-order valence-corrected chi connectivity index (χ0v) is 11.4. The van der Waals surface area contributed by atoms with Gasteiger partial charge in [-0.15, -0.1) is 0 Å². The lowest BCUT2D eigenvalue weighted by Gasteiger charge is -2.24. The van der Waals surface area contributed by atoms with E-state index in [1.807, 2.05) is 34.6 Å². The van der Waals surface area contributed by atoms with Gasteiger partial charge in [0.25, 0.3) is 0 Å². The summed E-state index contributed by atoms with van der Waals surface area (Å²) in [6, 6.07) is -1.10. The van der Waals surface area contributed by atoms with Crippen molar-refractivity contribution in [3.63, 3.8) is 0 Å². The molecule has 0 saturated carbocycles. The van der Waals surface area contributed by atoms with Gasteiger partial charge in [0.05, 0.1) is 6.04 Å². The van der Waals surface area contributed by atoms with Crippen LogP contribution >= 0.6 is 0 Å². The van der Waals surface area contributed by atoms with Crippen molar-refractivity contribution < 1.29 is 9.59 Å². The van der Waals surface area contributed by atoms with Crippen LogP contribution in [0.25, 0.3) is 0 Å². The monoisotopic (exact) mass is 243 g/mol. The molecule has 100 valence electrons. The highest BCUT2D eigenvalue weighted by Gasteiger charge is 2.26. The van der Waals surface area contributed by atoms with Gasteiger partial charge in [-0.05, 0) is 18.8 Å². The highest BCUT2D eigenvalue weighted by molar-refractivity contribution is 5.89. The molecule has 0 rings (SSSR count). The molecule has 0 aromatic carbocycles. The minimum atomic E-state index is -0.578. The van der Waals surface area contributed by atoms with Crippen LogP contribution in [0.2, 0.25) is 0 Å². The van der Waals surface area contributed by atoms with Crippen LogP contribution < -0.4 is 16.4 Å². The summed E-state index contributed by atoms with van der Waals surface area (Å²) < 4.78 is 0. The van der Waals surface area contributed by atoms with E-state index in [9.17, 15) is 9.59 Å². The number of carbonyl (C=O) groups is 2. The van der Waals surface area contributed by atoms with E-state index in [1.54, 1.807) is 0 Å². The first-order chi connectivity index (χ1) is 7.81. The standard InChI is InChI=1S/C12H25N3O2/c1-6-14-12(17)10(8(4)5)15-11(16)9(13)7(2)3/h7-10H,6,13H2,1-5H3,(H,14,17)(H,15,16)/t9-,10-/m0/s1. The average Bonchev–Trinajstić information content (AvgIpc) is 2.23. The number of hydrogen-bond acceptors (Lipinski definition) is 3. The van der Waals surface area contributed by atoms with Crippen LogP contribution in [0.15, 0.2) is 0 Å². The second-order valence-electron chi connectivity index (χ2n) is 4.89. The van der Waals surface area contributed by atoms with Crippen molar-refractivity contribution >= 4 is 11.8 Å².